The van der Waals surface area contributed by atoms with E-state index in [2.05, 4.69) is 24.3 Å². The predicted molar refractivity (Wildman–Crippen MR) is 84.2 cm³/mol. The number of carbonyl (C=O) groups is 1. The summed E-state index contributed by atoms with van der Waals surface area (Å²) in [6.07, 6.45) is 1.40. The average Bonchev–Trinajstić information content (AvgIpc) is 2.55. The minimum Gasteiger partial charge on any atom is -0.375 e. The van der Waals surface area contributed by atoms with Crippen LogP contribution in [0.5, 0.6) is 0 Å². The average molecular weight is 306 g/mol. The van der Waals surface area contributed by atoms with E-state index in [1.54, 1.807) is 0 Å². The van der Waals surface area contributed by atoms with Crippen molar-refractivity contribution in [1.82, 2.24) is 0 Å². The first-order chi connectivity index (χ1) is 9.86. The van der Waals surface area contributed by atoms with Gasteiger partial charge in [-0.2, -0.15) is 0 Å². The maximum Gasteiger partial charge on any atom is 0.145 e. The molecule has 2 saturated heterocycles. The third-order valence-electron chi connectivity index (χ3n) is 4.64. The molecule has 0 radical (unpaired) electrons. The number of carbonyl (C=O) groups excluding carboxylic acids is 1. The third kappa shape index (κ3) is 2.04. The lowest BCUT2D eigenvalue weighted by atomic mass is 9.57. The fourth-order valence-corrected chi connectivity index (χ4v) is 6.77. The Morgan fingerprint density at radius 2 is 1.80 bits per heavy atom. The van der Waals surface area contributed by atoms with Crippen LogP contribution >= 0.6 is 23.5 Å². The summed E-state index contributed by atoms with van der Waals surface area (Å²) in [7, 11) is 0. The molecule has 106 valence electrons. The van der Waals surface area contributed by atoms with Crippen molar-refractivity contribution < 1.29 is 9.53 Å². The molecule has 1 aromatic carbocycles. The second-order valence-electron chi connectivity index (χ2n) is 5.73. The van der Waals surface area contributed by atoms with E-state index in [1.165, 1.54) is 23.5 Å². The number of thioether (sulfide) groups is 2. The van der Waals surface area contributed by atoms with Crippen LogP contribution in [-0.2, 0) is 9.53 Å². The lowest BCUT2D eigenvalue weighted by molar-refractivity contribution is -0.170. The highest BCUT2D eigenvalue weighted by Crippen LogP contribution is 2.54. The fourth-order valence-electron chi connectivity index (χ4n) is 3.66. The molecule has 20 heavy (non-hydrogen) atoms. The molecule has 1 saturated carbocycles. The first kappa shape index (κ1) is 13.2. The smallest absolute Gasteiger partial charge is 0.145 e. The van der Waals surface area contributed by atoms with Gasteiger partial charge in [-0.1, -0.05) is 30.3 Å². The van der Waals surface area contributed by atoms with Crippen LogP contribution in [0.15, 0.2) is 30.3 Å². The Hall–Kier alpha value is -0.450. The SMILES string of the molecule is O=C1[C@H]2[C@@H](c3ccccc3)[C@@H]1CO[C@@H]2C1SCCCS1. The lowest BCUT2D eigenvalue weighted by Crippen LogP contribution is -2.61. The number of benzene rings is 1. The Balaban J connectivity index is 1.59. The zero-order valence-corrected chi connectivity index (χ0v) is 12.9. The fraction of sp³-hybridized carbons (Fsp3) is 0.562. The molecule has 1 aromatic rings. The normalized spacial score (nSPS) is 37.5. The van der Waals surface area contributed by atoms with Crippen LogP contribution in [-0.4, -0.2) is 34.6 Å². The molecule has 0 spiro atoms. The molecular formula is C16H18O2S2. The van der Waals surface area contributed by atoms with Crippen molar-refractivity contribution in [2.45, 2.75) is 23.0 Å². The van der Waals surface area contributed by atoms with Gasteiger partial charge in [0.25, 0.3) is 0 Å². The van der Waals surface area contributed by atoms with Gasteiger partial charge < -0.3 is 4.74 Å². The van der Waals surface area contributed by atoms with Gasteiger partial charge in [0.15, 0.2) is 0 Å². The molecule has 2 aliphatic heterocycles. The van der Waals surface area contributed by atoms with Crippen molar-refractivity contribution in [3.8, 4) is 0 Å². The summed E-state index contributed by atoms with van der Waals surface area (Å²) in [5, 5.41) is 0. The number of ether oxygens (including phenoxy) is 1. The van der Waals surface area contributed by atoms with Gasteiger partial charge in [0.1, 0.15) is 5.78 Å². The minimum absolute atomic E-state index is 0.0965. The maximum absolute atomic E-state index is 12.4. The van der Waals surface area contributed by atoms with Crippen molar-refractivity contribution >= 4 is 29.3 Å². The molecule has 0 unspecified atom stereocenters. The van der Waals surface area contributed by atoms with Crippen LogP contribution < -0.4 is 0 Å². The monoisotopic (exact) mass is 306 g/mol. The Bertz CT molecular complexity index is 498. The van der Waals surface area contributed by atoms with Gasteiger partial charge in [-0.15, -0.1) is 23.5 Å². The molecule has 2 bridgehead atoms. The summed E-state index contributed by atoms with van der Waals surface area (Å²) in [4.78, 5) is 12.4. The molecule has 4 atom stereocenters. The van der Waals surface area contributed by atoms with Gasteiger partial charge in [-0.25, -0.2) is 0 Å². The molecule has 3 fully saturated rings. The Labute approximate surface area is 128 Å². The lowest BCUT2D eigenvalue weighted by Gasteiger charge is -2.53. The van der Waals surface area contributed by atoms with Gasteiger partial charge >= 0.3 is 0 Å². The molecule has 0 aromatic heterocycles. The van der Waals surface area contributed by atoms with E-state index in [0.717, 1.165) is 0 Å². The highest BCUT2D eigenvalue weighted by atomic mass is 32.2. The zero-order chi connectivity index (χ0) is 13.5. The number of Topliss-reactive ketones (excluding diaryl/α,β-unsaturated/α-hetero) is 1. The Kier molecular flexibility index (Phi) is 3.57. The van der Waals surface area contributed by atoms with E-state index in [0.29, 0.717) is 22.9 Å². The molecular weight excluding hydrogens is 288 g/mol. The topological polar surface area (TPSA) is 26.3 Å². The molecule has 1 aliphatic carbocycles. The van der Waals surface area contributed by atoms with Crippen LogP contribution in [0, 0.1) is 11.8 Å². The van der Waals surface area contributed by atoms with Crippen LogP contribution in [0.2, 0.25) is 0 Å². The summed E-state index contributed by atoms with van der Waals surface area (Å²) < 4.78 is 6.49. The number of ketones is 1. The zero-order valence-electron chi connectivity index (χ0n) is 11.2. The van der Waals surface area contributed by atoms with Gasteiger partial charge in [-0.3, -0.25) is 4.79 Å². The van der Waals surface area contributed by atoms with Crippen LogP contribution in [0.4, 0.5) is 0 Å². The summed E-state index contributed by atoms with van der Waals surface area (Å²) in [6, 6.07) is 10.5. The molecule has 4 rings (SSSR count). The summed E-state index contributed by atoms with van der Waals surface area (Å²) in [6.45, 7) is 0.622. The van der Waals surface area contributed by atoms with E-state index in [4.69, 9.17) is 4.74 Å². The summed E-state index contributed by atoms with van der Waals surface area (Å²) in [5.74, 6) is 3.46. The molecule has 2 nitrogen and oxygen atoms in total. The second-order valence-corrected chi connectivity index (χ2v) is 8.53. The maximum atomic E-state index is 12.4. The Morgan fingerprint density at radius 1 is 1.05 bits per heavy atom. The molecule has 3 aliphatic rings. The summed E-state index contributed by atoms with van der Waals surface area (Å²) in [5.41, 5.74) is 1.32. The minimum atomic E-state index is 0.0965. The highest BCUT2D eigenvalue weighted by molar-refractivity contribution is 8.17. The van der Waals surface area contributed by atoms with Crippen molar-refractivity contribution in [2.75, 3.05) is 18.1 Å². The van der Waals surface area contributed by atoms with Crippen molar-refractivity contribution in [1.29, 1.82) is 0 Å². The van der Waals surface area contributed by atoms with Crippen LogP contribution in [0.25, 0.3) is 0 Å². The number of fused-ring (bicyclic) bond motifs is 2. The van der Waals surface area contributed by atoms with Crippen molar-refractivity contribution in [3.05, 3.63) is 35.9 Å². The highest BCUT2D eigenvalue weighted by Gasteiger charge is 2.59. The number of hydrogen-bond donors (Lipinski definition) is 0. The molecule has 0 amide bonds. The first-order valence-electron chi connectivity index (χ1n) is 7.30. The molecule has 2 heterocycles. The van der Waals surface area contributed by atoms with Gasteiger partial charge in [0.05, 0.1) is 23.2 Å². The van der Waals surface area contributed by atoms with Crippen LogP contribution in [0.3, 0.4) is 0 Å². The third-order valence-corrected chi connectivity index (χ3v) is 7.70. The van der Waals surface area contributed by atoms with Gasteiger partial charge in [0.2, 0.25) is 0 Å². The van der Waals surface area contributed by atoms with E-state index >= 15 is 0 Å². The first-order valence-corrected chi connectivity index (χ1v) is 9.39. The van der Waals surface area contributed by atoms with E-state index < -0.39 is 0 Å². The quantitative estimate of drug-likeness (QED) is 0.838. The van der Waals surface area contributed by atoms with Gasteiger partial charge in [-0.05, 0) is 23.5 Å². The predicted octanol–water partition coefficient (Wildman–Crippen LogP) is 3.18. The van der Waals surface area contributed by atoms with Crippen molar-refractivity contribution in [3.63, 3.8) is 0 Å². The molecule has 4 heteroatoms. The van der Waals surface area contributed by atoms with Crippen molar-refractivity contribution in [2.24, 2.45) is 11.8 Å². The largest absolute Gasteiger partial charge is 0.375 e. The summed E-state index contributed by atoms with van der Waals surface area (Å²) >= 11 is 3.97. The standard InChI is InChI=1S/C16H18O2S2/c17-14-11-9-18-15(16-19-7-4-8-20-16)13(14)12(11)10-5-2-1-3-6-10/h1-3,5-6,11-13,15-16H,4,7-9H2/t11-,12-,13+,15-/m0/s1. The van der Waals surface area contributed by atoms with E-state index in [1.807, 2.05) is 29.6 Å². The van der Waals surface area contributed by atoms with E-state index in [9.17, 15) is 4.79 Å². The Morgan fingerprint density at radius 3 is 2.50 bits per heavy atom. The van der Waals surface area contributed by atoms with Crippen LogP contribution in [0.1, 0.15) is 17.9 Å². The number of hydrogen-bond acceptors (Lipinski definition) is 4. The van der Waals surface area contributed by atoms with E-state index in [-0.39, 0.29) is 17.9 Å². The second kappa shape index (κ2) is 5.39. The number of rotatable bonds is 2. The van der Waals surface area contributed by atoms with Gasteiger partial charge in [0, 0.05) is 11.8 Å². The molecule has 0 N–H and O–H groups in total.